The maximum absolute atomic E-state index is 12.6. The molecule has 29 heavy (non-hydrogen) atoms. The Hall–Kier alpha value is -3.43. The van der Waals surface area contributed by atoms with Crippen LogP contribution < -0.4 is 19.5 Å². The van der Waals surface area contributed by atoms with Crippen molar-refractivity contribution in [3.63, 3.8) is 0 Å². The van der Waals surface area contributed by atoms with E-state index >= 15 is 0 Å². The Bertz CT molecular complexity index is 869. The predicted molar refractivity (Wildman–Crippen MR) is 98.3 cm³/mol. The summed E-state index contributed by atoms with van der Waals surface area (Å²) in [6.07, 6.45) is -4.80. The maximum atomic E-state index is 12.6. The van der Waals surface area contributed by atoms with E-state index in [2.05, 4.69) is 10.1 Å². The molecule has 2 rings (SSSR count). The number of ether oxygens (including phenoxy) is 3. The smallest absolute Gasteiger partial charge is 0.497 e. The number of nitrogens with one attached hydrogen (secondary N) is 1. The molecule has 0 atom stereocenters. The molecule has 0 heterocycles. The Morgan fingerprint density at radius 2 is 1.62 bits per heavy atom. The Balaban J connectivity index is 1.99. The van der Waals surface area contributed by atoms with Gasteiger partial charge in [-0.15, -0.1) is 13.2 Å². The number of rotatable bonds is 7. The lowest BCUT2D eigenvalue weighted by atomic mass is 10.1. The first-order chi connectivity index (χ1) is 13.6. The van der Waals surface area contributed by atoms with E-state index in [1.807, 2.05) is 0 Å². The summed E-state index contributed by atoms with van der Waals surface area (Å²) in [6, 6.07) is 9.31. The first kappa shape index (κ1) is 21.9. The summed E-state index contributed by atoms with van der Waals surface area (Å²) in [6.45, 7) is -0.283. The van der Waals surface area contributed by atoms with E-state index in [-0.39, 0.29) is 17.8 Å². The number of methoxy groups -OCH3 is 2. The molecule has 156 valence electrons. The van der Waals surface area contributed by atoms with E-state index in [0.717, 1.165) is 12.1 Å². The van der Waals surface area contributed by atoms with Crippen LogP contribution in [0.2, 0.25) is 0 Å². The Morgan fingerprint density at radius 3 is 2.17 bits per heavy atom. The average Bonchev–Trinajstić information content (AvgIpc) is 2.67. The number of anilines is 1. The van der Waals surface area contributed by atoms with Crippen molar-refractivity contribution in [1.82, 2.24) is 4.90 Å². The molecule has 7 nitrogen and oxygen atoms in total. The van der Waals surface area contributed by atoms with E-state index in [1.54, 1.807) is 12.1 Å². The number of amides is 2. The monoisotopic (exact) mass is 412 g/mol. The molecule has 10 heteroatoms. The Kier molecular flexibility index (Phi) is 6.92. The average molecular weight is 412 g/mol. The highest BCUT2D eigenvalue weighted by molar-refractivity contribution is 6.00. The zero-order valence-electron chi connectivity index (χ0n) is 15.9. The fraction of sp³-hybridized carbons (Fsp3) is 0.263. The van der Waals surface area contributed by atoms with Crippen LogP contribution in [-0.4, -0.2) is 50.9 Å². The minimum Gasteiger partial charge on any atom is -0.497 e. The third kappa shape index (κ3) is 6.30. The number of benzene rings is 2. The molecule has 2 aromatic rings. The number of alkyl halides is 3. The molecule has 0 aliphatic rings. The van der Waals surface area contributed by atoms with E-state index in [0.29, 0.717) is 11.5 Å². The van der Waals surface area contributed by atoms with Gasteiger partial charge in [-0.3, -0.25) is 9.59 Å². The second-order valence-corrected chi connectivity index (χ2v) is 5.85. The van der Waals surface area contributed by atoms with Gasteiger partial charge in [0.05, 0.1) is 26.3 Å². The van der Waals surface area contributed by atoms with Crippen LogP contribution in [0.3, 0.4) is 0 Å². The molecule has 2 amide bonds. The standard InChI is InChI=1S/C19H19F3N2O5/c1-24(18(26)15-9-8-14(27-2)10-16(15)28-3)11-17(25)23-12-4-6-13(7-5-12)29-19(20,21)22/h4-10H,11H2,1-3H3,(H,23,25). The lowest BCUT2D eigenvalue weighted by molar-refractivity contribution is -0.274. The van der Waals surface area contributed by atoms with Crippen LogP contribution >= 0.6 is 0 Å². The van der Waals surface area contributed by atoms with Crippen molar-refractivity contribution in [2.24, 2.45) is 0 Å². The van der Waals surface area contributed by atoms with Crippen LogP contribution in [0.1, 0.15) is 10.4 Å². The van der Waals surface area contributed by atoms with Gasteiger partial charge in [0, 0.05) is 18.8 Å². The quantitative estimate of drug-likeness (QED) is 0.755. The maximum Gasteiger partial charge on any atom is 0.573 e. The number of nitrogens with zero attached hydrogens (tertiary/aromatic N) is 1. The van der Waals surface area contributed by atoms with Gasteiger partial charge in [-0.1, -0.05) is 0 Å². The van der Waals surface area contributed by atoms with Crippen LogP contribution in [0.15, 0.2) is 42.5 Å². The molecule has 1 N–H and O–H groups in total. The molecule has 0 aliphatic heterocycles. The number of likely N-dealkylation sites (N-methyl/N-ethyl adjacent to an activating group) is 1. The normalized spacial score (nSPS) is 10.8. The lowest BCUT2D eigenvalue weighted by Crippen LogP contribution is -2.35. The van der Waals surface area contributed by atoms with Gasteiger partial charge in [-0.25, -0.2) is 0 Å². The topological polar surface area (TPSA) is 77.1 Å². The van der Waals surface area contributed by atoms with Crippen molar-refractivity contribution in [2.75, 3.05) is 33.1 Å². The Morgan fingerprint density at radius 1 is 1.00 bits per heavy atom. The van der Waals surface area contributed by atoms with Crippen LogP contribution in [0, 0.1) is 0 Å². The van der Waals surface area contributed by atoms with E-state index in [9.17, 15) is 22.8 Å². The third-order valence-corrected chi connectivity index (χ3v) is 3.74. The summed E-state index contributed by atoms with van der Waals surface area (Å²) in [5.74, 6) is -0.584. The molecule has 0 bridgehead atoms. The Labute approximate surface area is 165 Å². The van der Waals surface area contributed by atoms with Gasteiger partial charge in [0.25, 0.3) is 5.91 Å². The fourth-order valence-electron chi connectivity index (χ4n) is 2.41. The van der Waals surface area contributed by atoms with Crippen molar-refractivity contribution >= 4 is 17.5 Å². The summed E-state index contributed by atoms with van der Waals surface area (Å²) < 4.78 is 50.5. The van der Waals surface area contributed by atoms with Crippen LogP contribution in [0.5, 0.6) is 17.2 Å². The second-order valence-electron chi connectivity index (χ2n) is 5.85. The number of halogens is 3. The largest absolute Gasteiger partial charge is 0.573 e. The second kappa shape index (κ2) is 9.18. The van der Waals surface area contributed by atoms with Crippen molar-refractivity contribution in [3.8, 4) is 17.2 Å². The van der Waals surface area contributed by atoms with Gasteiger partial charge >= 0.3 is 6.36 Å². The molecule has 0 saturated heterocycles. The van der Waals surface area contributed by atoms with Crippen molar-refractivity contribution in [2.45, 2.75) is 6.36 Å². The molecular weight excluding hydrogens is 393 g/mol. The zero-order valence-corrected chi connectivity index (χ0v) is 15.9. The highest BCUT2D eigenvalue weighted by Gasteiger charge is 2.31. The zero-order chi connectivity index (χ0) is 21.6. The summed E-state index contributed by atoms with van der Waals surface area (Å²) >= 11 is 0. The number of hydrogen-bond acceptors (Lipinski definition) is 5. The highest BCUT2D eigenvalue weighted by Crippen LogP contribution is 2.26. The molecular formula is C19H19F3N2O5. The minimum absolute atomic E-state index is 0.247. The van der Waals surface area contributed by atoms with Crippen molar-refractivity contribution < 1.29 is 37.0 Å². The first-order valence-electron chi connectivity index (χ1n) is 8.26. The van der Waals surface area contributed by atoms with E-state index in [4.69, 9.17) is 9.47 Å². The van der Waals surface area contributed by atoms with Gasteiger partial charge in [0.2, 0.25) is 5.91 Å². The van der Waals surface area contributed by atoms with Crippen LogP contribution in [0.4, 0.5) is 18.9 Å². The van der Waals surface area contributed by atoms with Crippen molar-refractivity contribution in [3.05, 3.63) is 48.0 Å². The van der Waals surface area contributed by atoms with E-state index < -0.39 is 23.9 Å². The van der Waals surface area contributed by atoms with Gasteiger partial charge in [0.1, 0.15) is 17.2 Å². The summed E-state index contributed by atoms with van der Waals surface area (Å²) in [5, 5.41) is 2.50. The molecule has 2 aromatic carbocycles. The summed E-state index contributed by atoms with van der Waals surface area (Å²) in [5.41, 5.74) is 0.504. The molecule has 0 unspecified atom stereocenters. The molecule has 0 radical (unpaired) electrons. The van der Waals surface area contributed by atoms with Crippen LogP contribution in [0.25, 0.3) is 0 Å². The molecule has 0 aromatic heterocycles. The summed E-state index contributed by atoms with van der Waals surface area (Å²) in [4.78, 5) is 25.9. The lowest BCUT2D eigenvalue weighted by Gasteiger charge is -2.19. The minimum atomic E-state index is -4.80. The van der Waals surface area contributed by atoms with E-state index in [1.165, 1.54) is 44.4 Å². The van der Waals surface area contributed by atoms with Crippen molar-refractivity contribution in [1.29, 1.82) is 0 Å². The predicted octanol–water partition coefficient (Wildman–Crippen LogP) is 3.31. The van der Waals surface area contributed by atoms with Gasteiger partial charge < -0.3 is 24.4 Å². The van der Waals surface area contributed by atoms with Gasteiger partial charge in [-0.05, 0) is 36.4 Å². The number of carbonyl (C=O) groups excluding carboxylic acids is 2. The molecule has 0 saturated carbocycles. The number of hydrogen-bond donors (Lipinski definition) is 1. The number of carbonyl (C=O) groups is 2. The van der Waals surface area contributed by atoms with Gasteiger partial charge in [-0.2, -0.15) is 0 Å². The summed E-state index contributed by atoms with van der Waals surface area (Å²) in [7, 11) is 4.32. The SMILES string of the molecule is COc1ccc(C(=O)N(C)CC(=O)Nc2ccc(OC(F)(F)F)cc2)c(OC)c1. The first-order valence-corrected chi connectivity index (χ1v) is 8.26. The molecule has 0 fully saturated rings. The molecule has 0 aliphatic carbocycles. The van der Waals surface area contributed by atoms with Gasteiger partial charge in [0.15, 0.2) is 0 Å². The van der Waals surface area contributed by atoms with Crippen LogP contribution in [-0.2, 0) is 4.79 Å². The fourth-order valence-corrected chi connectivity index (χ4v) is 2.41. The third-order valence-electron chi connectivity index (χ3n) is 3.74. The molecule has 0 spiro atoms. The highest BCUT2D eigenvalue weighted by atomic mass is 19.4.